The molecule has 7 heteroatoms. The average Bonchev–Trinajstić information content (AvgIpc) is 2.21. The van der Waals surface area contributed by atoms with E-state index in [2.05, 4.69) is 9.97 Å². The molecular weight excluding hydrogens is 236 g/mol. The first-order chi connectivity index (χ1) is 7.13. The molecule has 0 fully saturated rings. The van der Waals surface area contributed by atoms with Crippen LogP contribution >= 0.6 is 11.6 Å². The number of halogens is 1. The van der Waals surface area contributed by atoms with Crippen molar-refractivity contribution in [3.8, 4) is 6.19 Å². The summed E-state index contributed by atoms with van der Waals surface area (Å²) in [7, 11) is -1.03. The predicted octanol–water partition coefficient (Wildman–Crippen LogP) is 1.07. The van der Waals surface area contributed by atoms with Crippen LogP contribution in [0, 0.1) is 11.5 Å². The molecule has 0 saturated carbocycles. The van der Waals surface area contributed by atoms with Crippen LogP contribution in [-0.4, -0.2) is 31.3 Å². The number of rotatable bonds is 3. The second-order valence-corrected chi connectivity index (χ2v) is 4.43. The summed E-state index contributed by atoms with van der Waals surface area (Å²) in [6, 6.07) is 0. The van der Waals surface area contributed by atoms with E-state index in [-0.39, 0.29) is 5.28 Å². The Kier molecular flexibility index (Phi) is 4.62. The lowest BCUT2D eigenvalue weighted by Gasteiger charge is -1.99. The normalized spacial score (nSPS) is 13.1. The molecule has 0 radical (unpaired) electrons. The lowest BCUT2D eigenvalue weighted by atomic mass is 10.2. The highest BCUT2D eigenvalue weighted by molar-refractivity contribution is 7.78. The van der Waals surface area contributed by atoms with Crippen LogP contribution < -0.4 is 0 Å². The van der Waals surface area contributed by atoms with Crippen molar-refractivity contribution in [1.29, 1.82) is 5.26 Å². The second-order valence-electron chi connectivity index (χ2n) is 2.76. The molecule has 0 bridgehead atoms. The van der Waals surface area contributed by atoms with E-state index in [0.717, 1.165) is 5.56 Å². The molecule has 0 spiro atoms. The maximum absolute atomic E-state index is 9.21. The molecule has 1 N–H and O–H groups in total. The van der Waals surface area contributed by atoms with E-state index < -0.39 is 11.0 Å². The van der Waals surface area contributed by atoms with E-state index in [9.17, 15) is 4.55 Å². The molecule has 0 amide bonds. The van der Waals surface area contributed by atoms with Crippen LogP contribution in [0.3, 0.4) is 0 Å². The van der Waals surface area contributed by atoms with Gasteiger partial charge in [0.2, 0.25) is 5.28 Å². The Labute approximate surface area is 95.3 Å². The molecule has 1 rings (SSSR count). The molecule has 15 heavy (non-hydrogen) atoms. The van der Waals surface area contributed by atoms with Gasteiger partial charge in [0, 0.05) is 25.1 Å². The van der Waals surface area contributed by atoms with Crippen LogP contribution in [0.25, 0.3) is 0 Å². The van der Waals surface area contributed by atoms with Gasteiger partial charge >= 0.3 is 6.19 Å². The van der Waals surface area contributed by atoms with Crippen molar-refractivity contribution in [2.45, 2.75) is 6.42 Å². The van der Waals surface area contributed by atoms with Gasteiger partial charge in [-0.25, -0.2) is 9.97 Å². The standard InChI is InChI=1S/C8H9ClN4OS/c1-15(14)13(6-10)3-2-7-4-11-8(9)12-5-7/h4-5H,2-3H2,1H3/p+1. The molecule has 0 aliphatic carbocycles. The number of nitriles is 1. The van der Waals surface area contributed by atoms with Crippen LogP contribution in [0.5, 0.6) is 0 Å². The summed E-state index contributed by atoms with van der Waals surface area (Å²) in [4.78, 5) is 7.64. The number of hydrogen-bond donors (Lipinski definition) is 1. The summed E-state index contributed by atoms with van der Waals surface area (Å²) in [5.41, 5.74) is 0.880. The van der Waals surface area contributed by atoms with Crippen molar-refractivity contribution in [3.63, 3.8) is 0 Å². The molecule has 1 aromatic rings. The Hall–Kier alpha value is -1.03. The van der Waals surface area contributed by atoms with Crippen molar-refractivity contribution < 1.29 is 8.50 Å². The van der Waals surface area contributed by atoms with Gasteiger partial charge in [0.1, 0.15) is 17.5 Å². The highest BCUT2D eigenvalue weighted by atomic mass is 35.5. The van der Waals surface area contributed by atoms with Crippen LogP contribution in [0.15, 0.2) is 12.4 Å². The minimum absolute atomic E-state index is 0.202. The Morgan fingerprint density at radius 1 is 1.60 bits per heavy atom. The van der Waals surface area contributed by atoms with Gasteiger partial charge in [-0.05, 0) is 17.2 Å². The lowest BCUT2D eigenvalue weighted by Crippen LogP contribution is -2.13. The maximum atomic E-state index is 9.21. The highest BCUT2D eigenvalue weighted by Gasteiger charge is 2.05. The van der Waals surface area contributed by atoms with Gasteiger partial charge in [-0.3, -0.25) is 0 Å². The molecule has 5 nitrogen and oxygen atoms in total. The molecule has 0 saturated heterocycles. The van der Waals surface area contributed by atoms with Gasteiger partial charge in [0.15, 0.2) is 5.26 Å². The van der Waals surface area contributed by atoms with Crippen molar-refractivity contribution in [2.75, 3.05) is 12.8 Å². The largest absolute Gasteiger partial charge is 0.467 e. The number of aromatic nitrogens is 2. The molecule has 0 aliphatic rings. The van der Waals surface area contributed by atoms with Gasteiger partial charge in [-0.1, -0.05) is 0 Å². The van der Waals surface area contributed by atoms with Crippen molar-refractivity contribution in [1.82, 2.24) is 9.97 Å². The van der Waals surface area contributed by atoms with E-state index in [4.69, 9.17) is 16.9 Å². The summed E-state index contributed by atoms with van der Waals surface area (Å²) in [6.45, 7) is 0.442. The zero-order valence-corrected chi connectivity index (χ0v) is 9.66. The molecule has 1 heterocycles. The minimum Gasteiger partial charge on any atom is -0.306 e. The molecule has 1 atom stereocenters. The zero-order chi connectivity index (χ0) is 11.3. The molecule has 0 aliphatic heterocycles. The Morgan fingerprint density at radius 2 is 2.20 bits per heavy atom. The van der Waals surface area contributed by atoms with E-state index >= 15 is 0 Å². The first-order valence-corrected chi connectivity index (χ1v) is 6.05. The summed E-state index contributed by atoms with van der Waals surface area (Å²) >= 11 is 5.53. The first-order valence-electron chi connectivity index (χ1n) is 4.12. The predicted molar refractivity (Wildman–Crippen MR) is 57.4 cm³/mol. The minimum atomic E-state index is -1.03. The molecule has 0 aromatic carbocycles. The highest BCUT2D eigenvalue weighted by Crippen LogP contribution is 2.01. The van der Waals surface area contributed by atoms with Gasteiger partial charge in [0.25, 0.3) is 0 Å². The SMILES string of the molecule is CS(O)=[N+](C#N)CCc1cnc(Cl)nc1. The summed E-state index contributed by atoms with van der Waals surface area (Å²) in [5.74, 6) is 0. The van der Waals surface area contributed by atoms with E-state index in [1.165, 1.54) is 3.95 Å². The van der Waals surface area contributed by atoms with Crippen molar-refractivity contribution >= 4 is 22.6 Å². The van der Waals surface area contributed by atoms with Crippen LogP contribution in [0.1, 0.15) is 5.56 Å². The fourth-order valence-corrected chi connectivity index (χ4v) is 1.51. The second kappa shape index (κ2) is 5.75. The van der Waals surface area contributed by atoms with E-state index in [1.807, 2.05) is 6.19 Å². The Morgan fingerprint density at radius 3 is 2.67 bits per heavy atom. The van der Waals surface area contributed by atoms with E-state index in [0.29, 0.717) is 13.0 Å². The zero-order valence-electron chi connectivity index (χ0n) is 8.09. The van der Waals surface area contributed by atoms with Gasteiger partial charge < -0.3 is 4.55 Å². The fraction of sp³-hybridized carbons (Fsp3) is 0.375. The Bertz CT molecular complexity index is 408. The molecule has 1 unspecified atom stereocenters. The van der Waals surface area contributed by atoms with Crippen LogP contribution in [0.2, 0.25) is 5.28 Å². The molecule has 1 aromatic heterocycles. The van der Waals surface area contributed by atoms with Gasteiger partial charge in [-0.2, -0.15) is 0 Å². The monoisotopic (exact) mass is 245 g/mol. The molecule has 80 valence electrons. The first kappa shape index (κ1) is 12.0. The van der Waals surface area contributed by atoms with Crippen molar-refractivity contribution in [2.24, 2.45) is 0 Å². The van der Waals surface area contributed by atoms with Crippen LogP contribution in [-0.2, 0) is 17.4 Å². The fourth-order valence-electron chi connectivity index (χ4n) is 0.940. The number of hydrogen-bond acceptors (Lipinski definition) is 3. The van der Waals surface area contributed by atoms with E-state index in [1.54, 1.807) is 18.6 Å². The average molecular weight is 246 g/mol. The summed E-state index contributed by atoms with van der Waals surface area (Å²) in [6.07, 6.45) is 7.30. The third-order valence-electron chi connectivity index (χ3n) is 1.71. The number of nitrogens with zero attached hydrogens (tertiary/aromatic N) is 4. The maximum Gasteiger partial charge on any atom is 0.467 e. The smallest absolute Gasteiger partial charge is 0.306 e. The van der Waals surface area contributed by atoms with Crippen LogP contribution in [0.4, 0.5) is 0 Å². The van der Waals surface area contributed by atoms with Gasteiger partial charge in [0.05, 0.1) is 0 Å². The van der Waals surface area contributed by atoms with Gasteiger partial charge in [-0.15, -0.1) is 3.95 Å². The summed E-state index contributed by atoms with van der Waals surface area (Å²) < 4.78 is 10.5. The topological polar surface area (TPSA) is 72.8 Å². The van der Waals surface area contributed by atoms with Crippen molar-refractivity contribution in [3.05, 3.63) is 23.2 Å². The lowest BCUT2D eigenvalue weighted by molar-refractivity contribution is -0.414. The Balaban J connectivity index is 2.62. The quantitative estimate of drug-likeness (QED) is 0.374. The molecular formula is C8H10ClN4OS+. The third kappa shape index (κ3) is 3.91. The summed E-state index contributed by atoms with van der Waals surface area (Å²) in [5, 5.41) is 8.89. The third-order valence-corrected chi connectivity index (χ3v) is 2.81.